The van der Waals surface area contributed by atoms with E-state index in [9.17, 15) is 9.18 Å². The smallest absolute Gasteiger partial charge is 0.266 e. The van der Waals surface area contributed by atoms with Crippen molar-refractivity contribution in [2.45, 2.75) is 32.8 Å². The van der Waals surface area contributed by atoms with Crippen molar-refractivity contribution < 1.29 is 13.9 Å². The molecule has 112 valence electrons. The quantitative estimate of drug-likeness (QED) is 0.889. The van der Waals surface area contributed by atoms with Crippen LogP contribution in [0.5, 0.6) is 5.75 Å². The number of hydrogen-bond acceptors (Lipinski definition) is 3. The summed E-state index contributed by atoms with van der Waals surface area (Å²) in [7, 11) is 0. The second kappa shape index (κ2) is 6.39. The van der Waals surface area contributed by atoms with Crippen molar-refractivity contribution in [2.24, 2.45) is 0 Å². The van der Waals surface area contributed by atoms with Crippen molar-refractivity contribution in [3.8, 4) is 5.75 Å². The Morgan fingerprint density at radius 3 is 2.71 bits per heavy atom. The molecule has 1 heterocycles. The number of hydrogen-bond donors (Lipinski definition) is 2. The molecular formula is C15H18FN3O2. The van der Waals surface area contributed by atoms with E-state index in [0.29, 0.717) is 17.5 Å². The zero-order valence-corrected chi connectivity index (χ0v) is 12.2. The number of H-pyrrole nitrogens is 1. The summed E-state index contributed by atoms with van der Waals surface area (Å²) < 4.78 is 18.4. The SMILES string of the molecule is CC(Oc1cccc(F)c1)C(=O)Nc1cc(C(C)C)[nH]n1. The zero-order valence-electron chi connectivity index (χ0n) is 12.2. The first-order valence-electron chi connectivity index (χ1n) is 6.74. The number of benzene rings is 1. The second-order valence-electron chi connectivity index (χ2n) is 5.07. The van der Waals surface area contributed by atoms with Crippen molar-refractivity contribution in [3.63, 3.8) is 0 Å². The molecule has 1 unspecified atom stereocenters. The number of carbonyl (C=O) groups excluding carboxylic acids is 1. The van der Waals surface area contributed by atoms with Gasteiger partial charge in [0.25, 0.3) is 5.91 Å². The van der Waals surface area contributed by atoms with Crippen molar-refractivity contribution >= 4 is 11.7 Å². The van der Waals surface area contributed by atoms with Crippen LogP contribution in [0.1, 0.15) is 32.4 Å². The summed E-state index contributed by atoms with van der Waals surface area (Å²) in [6.07, 6.45) is -0.758. The average molecular weight is 291 g/mol. The van der Waals surface area contributed by atoms with Gasteiger partial charge in [0.1, 0.15) is 11.6 Å². The maximum Gasteiger partial charge on any atom is 0.266 e. The lowest BCUT2D eigenvalue weighted by atomic mass is 10.1. The topological polar surface area (TPSA) is 67.0 Å². The first-order chi connectivity index (χ1) is 9.95. The lowest BCUT2D eigenvalue weighted by Crippen LogP contribution is -2.30. The summed E-state index contributed by atoms with van der Waals surface area (Å²) in [5.74, 6) is 0.292. The summed E-state index contributed by atoms with van der Waals surface area (Å²) in [5, 5.41) is 9.51. The van der Waals surface area contributed by atoms with Crippen LogP contribution >= 0.6 is 0 Å². The molecule has 21 heavy (non-hydrogen) atoms. The number of anilines is 1. The Hall–Kier alpha value is -2.37. The van der Waals surface area contributed by atoms with Gasteiger partial charge in [0.05, 0.1) is 0 Å². The van der Waals surface area contributed by atoms with Crippen LogP contribution in [-0.4, -0.2) is 22.2 Å². The fourth-order valence-corrected chi connectivity index (χ4v) is 1.72. The molecule has 0 spiro atoms. The van der Waals surface area contributed by atoms with E-state index in [0.717, 1.165) is 5.69 Å². The van der Waals surface area contributed by atoms with Crippen LogP contribution in [0.4, 0.5) is 10.2 Å². The molecule has 2 N–H and O–H groups in total. The van der Waals surface area contributed by atoms with Crippen LogP contribution in [-0.2, 0) is 4.79 Å². The molecule has 0 saturated carbocycles. The van der Waals surface area contributed by atoms with E-state index >= 15 is 0 Å². The van der Waals surface area contributed by atoms with E-state index in [1.165, 1.54) is 18.2 Å². The summed E-state index contributed by atoms with van der Waals surface area (Å²) in [4.78, 5) is 12.0. The van der Waals surface area contributed by atoms with Crippen LogP contribution in [0.3, 0.4) is 0 Å². The fourth-order valence-electron chi connectivity index (χ4n) is 1.72. The number of halogens is 1. The van der Waals surface area contributed by atoms with Crippen molar-refractivity contribution in [2.75, 3.05) is 5.32 Å². The van der Waals surface area contributed by atoms with E-state index in [-0.39, 0.29) is 5.91 Å². The first kappa shape index (κ1) is 15.0. The van der Waals surface area contributed by atoms with Gasteiger partial charge in [-0.3, -0.25) is 9.89 Å². The van der Waals surface area contributed by atoms with Crippen LogP contribution in [0.25, 0.3) is 0 Å². The molecule has 0 bridgehead atoms. The van der Waals surface area contributed by atoms with E-state index < -0.39 is 11.9 Å². The lowest BCUT2D eigenvalue weighted by Gasteiger charge is -2.13. The Kier molecular flexibility index (Phi) is 4.57. The Labute approximate surface area is 122 Å². The van der Waals surface area contributed by atoms with Gasteiger partial charge in [-0.05, 0) is 25.0 Å². The summed E-state index contributed by atoms with van der Waals surface area (Å²) >= 11 is 0. The van der Waals surface area contributed by atoms with E-state index in [1.807, 2.05) is 13.8 Å². The summed E-state index contributed by atoms with van der Waals surface area (Å²) in [6.45, 7) is 5.64. The van der Waals surface area contributed by atoms with Gasteiger partial charge in [-0.2, -0.15) is 5.10 Å². The van der Waals surface area contributed by atoms with Crippen molar-refractivity contribution in [3.05, 3.63) is 41.8 Å². The molecule has 5 nitrogen and oxygen atoms in total. The predicted octanol–water partition coefficient (Wildman–Crippen LogP) is 3.08. The summed E-state index contributed by atoms with van der Waals surface area (Å²) in [6, 6.07) is 7.44. The third-order valence-electron chi connectivity index (χ3n) is 2.95. The number of nitrogens with zero attached hydrogens (tertiary/aromatic N) is 1. The largest absolute Gasteiger partial charge is 0.481 e. The Morgan fingerprint density at radius 1 is 1.33 bits per heavy atom. The Bertz CT molecular complexity index is 625. The highest BCUT2D eigenvalue weighted by atomic mass is 19.1. The Balaban J connectivity index is 1.95. The van der Waals surface area contributed by atoms with Crippen LogP contribution in [0.2, 0.25) is 0 Å². The number of aromatic amines is 1. The van der Waals surface area contributed by atoms with E-state index in [1.54, 1.807) is 19.1 Å². The van der Waals surface area contributed by atoms with Gasteiger partial charge < -0.3 is 10.1 Å². The van der Waals surface area contributed by atoms with Gasteiger partial charge in [-0.25, -0.2) is 4.39 Å². The number of nitrogens with one attached hydrogen (secondary N) is 2. The molecule has 1 aromatic heterocycles. The highest BCUT2D eigenvalue weighted by molar-refractivity contribution is 5.93. The van der Waals surface area contributed by atoms with Gasteiger partial charge in [-0.15, -0.1) is 0 Å². The predicted molar refractivity (Wildman–Crippen MR) is 77.8 cm³/mol. The third kappa shape index (κ3) is 4.05. The average Bonchev–Trinajstić information content (AvgIpc) is 2.87. The van der Waals surface area contributed by atoms with Crippen molar-refractivity contribution in [1.29, 1.82) is 0 Å². The summed E-state index contributed by atoms with van der Waals surface area (Å²) in [5.41, 5.74) is 0.934. The fraction of sp³-hybridized carbons (Fsp3) is 0.333. The molecular weight excluding hydrogens is 273 g/mol. The van der Waals surface area contributed by atoms with Gasteiger partial charge in [-0.1, -0.05) is 19.9 Å². The van der Waals surface area contributed by atoms with Crippen LogP contribution in [0, 0.1) is 5.82 Å². The number of amides is 1. The monoisotopic (exact) mass is 291 g/mol. The molecule has 0 aliphatic carbocycles. The molecule has 0 radical (unpaired) electrons. The molecule has 2 aromatic rings. The van der Waals surface area contributed by atoms with E-state index in [4.69, 9.17) is 4.74 Å². The second-order valence-corrected chi connectivity index (χ2v) is 5.07. The number of rotatable bonds is 5. The number of aromatic nitrogens is 2. The van der Waals surface area contributed by atoms with Crippen LogP contribution in [0.15, 0.2) is 30.3 Å². The van der Waals surface area contributed by atoms with Gasteiger partial charge >= 0.3 is 0 Å². The molecule has 0 aliphatic rings. The molecule has 6 heteroatoms. The minimum absolute atomic E-state index is 0.295. The number of ether oxygens (including phenoxy) is 1. The van der Waals surface area contributed by atoms with Crippen molar-refractivity contribution in [1.82, 2.24) is 10.2 Å². The van der Waals surface area contributed by atoms with Gasteiger partial charge in [0.2, 0.25) is 0 Å². The molecule has 1 aromatic carbocycles. The molecule has 0 aliphatic heterocycles. The molecule has 2 rings (SSSR count). The Morgan fingerprint density at radius 2 is 2.10 bits per heavy atom. The van der Waals surface area contributed by atoms with E-state index in [2.05, 4.69) is 15.5 Å². The zero-order chi connectivity index (χ0) is 15.4. The highest BCUT2D eigenvalue weighted by Crippen LogP contribution is 2.16. The maximum atomic E-state index is 13.0. The maximum absolute atomic E-state index is 13.0. The number of carbonyl (C=O) groups is 1. The molecule has 1 amide bonds. The molecule has 0 saturated heterocycles. The van der Waals surface area contributed by atoms with Gasteiger partial charge in [0.15, 0.2) is 11.9 Å². The minimum atomic E-state index is -0.758. The lowest BCUT2D eigenvalue weighted by molar-refractivity contribution is -0.122. The van der Waals surface area contributed by atoms with Gasteiger partial charge in [0, 0.05) is 17.8 Å². The molecule has 1 atom stereocenters. The third-order valence-corrected chi connectivity index (χ3v) is 2.95. The standard InChI is InChI=1S/C15H18FN3O2/c1-9(2)13-8-14(19-18-13)17-15(20)10(3)21-12-6-4-5-11(16)7-12/h4-10H,1-3H3,(H2,17,18,19,20). The normalized spacial score (nSPS) is 12.2. The first-order valence-corrected chi connectivity index (χ1v) is 6.74. The minimum Gasteiger partial charge on any atom is -0.481 e. The van der Waals surface area contributed by atoms with Crippen LogP contribution < -0.4 is 10.1 Å². The highest BCUT2D eigenvalue weighted by Gasteiger charge is 2.16. The molecule has 0 fully saturated rings.